The van der Waals surface area contributed by atoms with Crippen LogP contribution in [0, 0.1) is 0 Å². The third kappa shape index (κ3) is 2.94. The van der Waals surface area contributed by atoms with Gasteiger partial charge in [0.25, 0.3) is 0 Å². The van der Waals surface area contributed by atoms with E-state index in [2.05, 4.69) is 55.5 Å². The zero-order valence-electron chi connectivity index (χ0n) is 12.5. The van der Waals surface area contributed by atoms with Gasteiger partial charge >= 0.3 is 0 Å². The molecule has 0 amide bonds. The zero-order chi connectivity index (χ0) is 13.3. The normalized spacial score (nSPS) is 19.7. The number of hydrogen-bond acceptors (Lipinski definition) is 2. The lowest BCUT2D eigenvalue weighted by Crippen LogP contribution is -2.39. The first-order chi connectivity index (χ1) is 8.38. The summed E-state index contributed by atoms with van der Waals surface area (Å²) in [6, 6.07) is 1.27. The van der Waals surface area contributed by atoms with Gasteiger partial charge < -0.3 is 4.90 Å². The van der Waals surface area contributed by atoms with Gasteiger partial charge in [-0.3, -0.25) is 4.68 Å². The predicted molar refractivity (Wildman–Crippen MR) is 75.9 cm³/mol. The first-order valence-electron chi connectivity index (χ1n) is 7.16. The Morgan fingerprint density at radius 2 is 1.83 bits per heavy atom. The summed E-state index contributed by atoms with van der Waals surface area (Å²) in [4.78, 5) is 2.56. The molecule has 1 aliphatic heterocycles. The van der Waals surface area contributed by atoms with E-state index >= 15 is 0 Å². The molecule has 1 saturated heterocycles. The van der Waals surface area contributed by atoms with Gasteiger partial charge in [-0.2, -0.15) is 5.10 Å². The van der Waals surface area contributed by atoms with Gasteiger partial charge in [0.15, 0.2) is 0 Å². The molecule has 0 unspecified atom stereocenters. The zero-order valence-corrected chi connectivity index (χ0v) is 12.5. The summed E-state index contributed by atoms with van der Waals surface area (Å²) >= 11 is 0. The molecule has 0 atom stereocenters. The minimum atomic E-state index is 0.205. The van der Waals surface area contributed by atoms with Crippen molar-refractivity contribution in [2.75, 3.05) is 13.1 Å². The average Bonchev–Trinajstić information content (AvgIpc) is 2.78. The van der Waals surface area contributed by atoms with Crippen LogP contribution in [0.25, 0.3) is 0 Å². The Hall–Kier alpha value is -0.830. The summed E-state index contributed by atoms with van der Waals surface area (Å²) in [5, 5.41) is 4.57. The number of aromatic nitrogens is 2. The van der Waals surface area contributed by atoms with Crippen LogP contribution in [0.4, 0.5) is 0 Å². The summed E-state index contributed by atoms with van der Waals surface area (Å²) in [7, 11) is 0. The fourth-order valence-electron chi connectivity index (χ4n) is 2.59. The molecule has 0 radical (unpaired) electrons. The third-order valence-corrected chi connectivity index (χ3v) is 4.07. The molecule has 0 spiro atoms. The molecule has 2 heterocycles. The number of rotatable bonds is 2. The molecular weight excluding hydrogens is 222 g/mol. The van der Waals surface area contributed by atoms with Crippen LogP contribution in [0.1, 0.15) is 59.1 Å². The average molecular weight is 249 g/mol. The van der Waals surface area contributed by atoms with E-state index in [4.69, 9.17) is 0 Å². The molecule has 1 fully saturated rings. The Morgan fingerprint density at radius 1 is 1.22 bits per heavy atom. The van der Waals surface area contributed by atoms with Crippen molar-refractivity contribution in [1.29, 1.82) is 0 Å². The molecule has 0 aromatic carbocycles. The maximum atomic E-state index is 4.57. The molecule has 2 rings (SSSR count). The largest absolute Gasteiger partial charge is 0.301 e. The van der Waals surface area contributed by atoms with E-state index < -0.39 is 0 Å². The van der Waals surface area contributed by atoms with Crippen molar-refractivity contribution < 1.29 is 0 Å². The summed E-state index contributed by atoms with van der Waals surface area (Å²) in [5.41, 5.74) is 1.55. The fourth-order valence-corrected chi connectivity index (χ4v) is 2.59. The van der Waals surface area contributed by atoms with Gasteiger partial charge in [-0.05, 0) is 37.7 Å². The van der Waals surface area contributed by atoms with Crippen LogP contribution in [-0.4, -0.2) is 33.8 Å². The smallest absolute Gasteiger partial charge is 0.0543 e. The molecule has 3 nitrogen and oxygen atoms in total. The Morgan fingerprint density at radius 3 is 2.28 bits per heavy atom. The second-order valence-corrected chi connectivity index (χ2v) is 6.82. The van der Waals surface area contributed by atoms with Gasteiger partial charge in [0.05, 0.1) is 12.2 Å². The van der Waals surface area contributed by atoms with Gasteiger partial charge in [0.2, 0.25) is 0 Å². The van der Waals surface area contributed by atoms with E-state index in [0.29, 0.717) is 12.1 Å². The van der Waals surface area contributed by atoms with E-state index in [1.165, 1.54) is 31.5 Å². The first kappa shape index (κ1) is 13.6. The summed E-state index contributed by atoms with van der Waals surface area (Å²) in [6.07, 6.45) is 6.73. The molecule has 0 saturated carbocycles. The van der Waals surface area contributed by atoms with E-state index in [-0.39, 0.29) is 5.41 Å². The molecule has 0 aliphatic carbocycles. The fraction of sp³-hybridized carbons (Fsp3) is 0.800. The standard InChI is InChI=1S/C15H27N3/c1-12(2)17-8-6-14(7-9-17)18-11-13(10-16-18)15(3,4)5/h10-12,14H,6-9H2,1-5H3. The van der Waals surface area contributed by atoms with Crippen molar-refractivity contribution in [1.82, 2.24) is 14.7 Å². The van der Waals surface area contributed by atoms with Gasteiger partial charge in [-0.1, -0.05) is 20.8 Å². The highest BCUT2D eigenvalue weighted by atomic mass is 15.3. The Bertz CT molecular complexity index is 379. The van der Waals surface area contributed by atoms with Crippen molar-refractivity contribution >= 4 is 0 Å². The summed E-state index contributed by atoms with van der Waals surface area (Å²) in [5.74, 6) is 0. The lowest BCUT2D eigenvalue weighted by atomic mass is 9.90. The highest BCUT2D eigenvalue weighted by Gasteiger charge is 2.24. The molecule has 1 aromatic rings. The monoisotopic (exact) mass is 249 g/mol. The lowest BCUT2D eigenvalue weighted by molar-refractivity contribution is 0.147. The first-order valence-corrected chi connectivity index (χ1v) is 7.16. The number of hydrogen-bond donors (Lipinski definition) is 0. The molecule has 18 heavy (non-hydrogen) atoms. The summed E-state index contributed by atoms with van der Waals surface area (Å²) < 4.78 is 2.19. The van der Waals surface area contributed by atoms with Crippen LogP contribution >= 0.6 is 0 Å². The second kappa shape index (κ2) is 5.04. The highest BCUT2D eigenvalue weighted by molar-refractivity contribution is 5.15. The van der Waals surface area contributed by atoms with E-state index in [1.54, 1.807) is 0 Å². The quantitative estimate of drug-likeness (QED) is 0.802. The Balaban J connectivity index is 2.00. The van der Waals surface area contributed by atoms with Gasteiger partial charge in [0, 0.05) is 25.3 Å². The van der Waals surface area contributed by atoms with Crippen LogP contribution in [0.15, 0.2) is 12.4 Å². The number of piperidine rings is 1. The molecule has 1 aliphatic rings. The molecule has 0 N–H and O–H groups in total. The van der Waals surface area contributed by atoms with Gasteiger partial charge in [-0.15, -0.1) is 0 Å². The van der Waals surface area contributed by atoms with E-state index in [9.17, 15) is 0 Å². The van der Waals surface area contributed by atoms with Gasteiger partial charge in [0.1, 0.15) is 0 Å². The van der Waals surface area contributed by atoms with Crippen LogP contribution < -0.4 is 0 Å². The maximum Gasteiger partial charge on any atom is 0.0543 e. The number of likely N-dealkylation sites (tertiary alicyclic amines) is 1. The molecule has 0 bridgehead atoms. The minimum absolute atomic E-state index is 0.205. The van der Waals surface area contributed by atoms with Crippen molar-refractivity contribution in [3.63, 3.8) is 0 Å². The van der Waals surface area contributed by atoms with E-state index in [0.717, 1.165) is 0 Å². The second-order valence-electron chi connectivity index (χ2n) is 6.82. The van der Waals surface area contributed by atoms with Crippen LogP contribution in [0.5, 0.6) is 0 Å². The van der Waals surface area contributed by atoms with Crippen LogP contribution in [0.3, 0.4) is 0 Å². The van der Waals surface area contributed by atoms with Gasteiger partial charge in [-0.25, -0.2) is 0 Å². The Labute approximate surface area is 111 Å². The molecular formula is C15H27N3. The minimum Gasteiger partial charge on any atom is -0.301 e. The molecule has 3 heteroatoms. The topological polar surface area (TPSA) is 21.1 Å². The van der Waals surface area contributed by atoms with Crippen LogP contribution in [0.2, 0.25) is 0 Å². The third-order valence-electron chi connectivity index (χ3n) is 4.07. The molecule has 1 aromatic heterocycles. The lowest BCUT2D eigenvalue weighted by Gasteiger charge is -2.34. The maximum absolute atomic E-state index is 4.57. The number of nitrogens with zero attached hydrogens (tertiary/aromatic N) is 3. The van der Waals surface area contributed by atoms with Crippen molar-refractivity contribution in [2.24, 2.45) is 0 Å². The van der Waals surface area contributed by atoms with Crippen molar-refractivity contribution in [2.45, 2.75) is 65.0 Å². The Kier molecular flexibility index (Phi) is 3.81. The van der Waals surface area contributed by atoms with Crippen molar-refractivity contribution in [3.05, 3.63) is 18.0 Å². The molecule has 102 valence electrons. The summed E-state index contributed by atoms with van der Waals surface area (Å²) in [6.45, 7) is 13.7. The van der Waals surface area contributed by atoms with Crippen molar-refractivity contribution in [3.8, 4) is 0 Å². The van der Waals surface area contributed by atoms with E-state index in [1.807, 2.05) is 6.20 Å². The van der Waals surface area contributed by atoms with Crippen LogP contribution in [-0.2, 0) is 5.41 Å². The SMILES string of the molecule is CC(C)N1CCC(n2cc(C(C)(C)C)cn2)CC1. The predicted octanol–water partition coefficient (Wildman–Crippen LogP) is 3.23. The highest BCUT2D eigenvalue weighted by Crippen LogP contribution is 2.26.